The Morgan fingerprint density at radius 2 is 1.88 bits per heavy atom. The zero-order chi connectivity index (χ0) is 17.8. The van der Waals surface area contributed by atoms with Crippen molar-refractivity contribution in [2.24, 2.45) is 11.8 Å². The lowest BCUT2D eigenvalue weighted by molar-refractivity contribution is 0.213. The molecule has 0 fully saturated rings. The van der Waals surface area contributed by atoms with Gasteiger partial charge in [0.25, 0.3) is 0 Å². The molecular formula is C23H31NO. The normalized spacial score (nSPS) is 23.6. The average molecular weight is 338 g/mol. The number of hydrogen-bond acceptors (Lipinski definition) is 2. The molecule has 2 aromatic carbocycles. The summed E-state index contributed by atoms with van der Waals surface area (Å²) in [5, 5.41) is 13.2. The van der Waals surface area contributed by atoms with Crippen molar-refractivity contribution in [3.05, 3.63) is 65.2 Å². The van der Waals surface area contributed by atoms with Gasteiger partial charge in [0.1, 0.15) is 0 Å². The van der Waals surface area contributed by atoms with E-state index in [1.54, 1.807) is 0 Å². The van der Waals surface area contributed by atoms with Gasteiger partial charge in [0.05, 0.1) is 6.04 Å². The van der Waals surface area contributed by atoms with Gasteiger partial charge in [0, 0.05) is 12.3 Å². The smallest absolute Gasteiger partial charge is 0.0547 e. The highest BCUT2D eigenvalue weighted by Gasteiger charge is 2.34. The van der Waals surface area contributed by atoms with E-state index < -0.39 is 0 Å². The van der Waals surface area contributed by atoms with Gasteiger partial charge in [0.15, 0.2) is 0 Å². The van der Waals surface area contributed by atoms with Crippen LogP contribution in [0.1, 0.15) is 62.3 Å². The lowest BCUT2D eigenvalue weighted by Gasteiger charge is -2.40. The van der Waals surface area contributed by atoms with Gasteiger partial charge in [-0.05, 0) is 59.8 Å². The molecule has 0 aliphatic carbocycles. The van der Waals surface area contributed by atoms with Crippen LogP contribution in [0.4, 0.5) is 5.69 Å². The van der Waals surface area contributed by atoms with E-state index in [9.17, 15) is 5.11 Å². The van der Waals surface area contributed by atoms with Gasteiger partial charge < -0.3 is 10.4 Å². The van der Waals surface area contributed by atoms with Crippen LogP contribution in [0.3, 0.4) is 0 Å². The van der Waals surface area contributed by atoms with Crippen molar-refractivity contribution >= 4 is 5.69 Å². The van der Waals surface area contributed by atoms with Crippen LogP contribution in [0.25, 0.3) is 0 Å². The Bertz CT molecular complexity index is 682. The minimum atomic E-state index is 0.279. The van der Waals surface area contributed by atoms with Gasteiger partial charge in [-0.3, -0.25) is 0 Å². The van der Waals surface area contributed by atoms with Crippen LogP contribution in [0.15, 0.2) is 48.5 Å². The number of hydrogen-bond donors (Lipinski definition) is 2. The van der Waals surface area contributed by atoms with Crippen molar-refractivity contribution in [2.45, 2.75) is 52.0 Å². The SMILES string of the molecule is CCc1ccc2c(c1)C(C)C(CCC(C)CO)[C@H](c1ccccc1)N2. The van der Waals surface area contributed by atoms with Crippen LogP contribution in [0, 0.1) is 11.8 Å². The number of nitrogens with one attached hydrogen (secondary N) is 1. The van der Waals surface area contributed by atoms with Crippen LogP contribution in [-0.4, -0.2) is 11.7 Å². The maximum absolute atomic E-state index is 9.42. The molecule has 0 saturated carbocycles. The lowest BCUT2D eigenvalue weighted by atomic mass is 9.73. The molecule has 0 radical (unpaired) electrons. The molecule has 25 heavy (non-hydrogen) atoms. The molecule has 3 unspecified atom stereocenters. The second kappa shape index (κ2) is 8.05. The fourth-order valence-electron chi connectivity index (χ4n) is 4.11. The molecule has 0 spiro atoms. The Labute approximate surface area is 152 Å². The number of benzene rings is 2. The Morgan fingerprint density at radius 3 is 2.56 bits per heavy atom. The second-order valence-electron chi connectivity index (χ2n) is 7.63. The Balaban J connectivity index is 1.94. The molecule has 1 aliphatic heterocycles. The Kier molecular flexibility index (Phi) is 5.80. The minimum absolute atomic E-state index is 0.279. The van der Waals surface area contributed by atoms with Crippen molar-refractivity contribution < 1.29 is 5.11 Å². The molecule has 4 atom stereocenters. The summed E-state index contributed by atoms with van der Waals surface area (Å²) < 4.78 is 0. The van der Waals surface area contributed by atoms with Crippen LogP contribution in [0.2, 0.25) is 0 Å². The van der Waals surface area contributed by atoms with Crippen molar-refractivity contribution in [3.63, 3.8) is 0 Å². The molecule has 2 heteroatoms. The molecule has 2 N–H and O–H groups in total. The predicted octanol–water partition coefficient (Wildman–Crippen LogP) is 5.54. The summed E-state index contributed by atoms with van der Waals surface area (Å²) in [5.41, 5.74) is 5.51. The van der Waals surface area contributed by atoms with E-state index in [2.05, 4.69) is 74.6 Å². The predicted molar refractivity (Wildman–Crippen MR) is 106 cm³/mol. The third kappa shape index (κ3) is 3.90. The Morgan fingerprint density at radius 1 is 1.12 bits per heavy atom. The fraction of sp³-hybridized carbons (Fsp3) is 0.478. The van der Waals surface area contributed by atoms with Gasteiger partial charge >= 0.3 is 0 Å². The van der Waals surface area contributed by atoms with Gasteiger partial charge in [-0.25, -0.2) is 0 Å². The van der Waals surface area contributed by atoms with E-state index in [0.717, 1.165) is 19.3 Å². The molecule has 1 aliphatic rings. The molecular weight excluding hydrogens is 306 g/mol. The van der Waals surface area contributed by atoms with Gasteiger partial charge in [0.2, 0.25) is 0 Å². The molecule has 0 bridgehead atoms. The van der Waals surface area contributed by atoms with Crippen LogP contribution < -0.4 is 5.32 Å². The average Bonchev–Trinajstić information content (AvgIpc) is 2.67. The van der Waals surface area contributed by atoms with Crippen LogP contribution in [-0.2, 0) is 6.42 Å². The quantitative estimate of drug-likeness (QED) is 0.725. The molecule has 1 heterocycles. The minimum Gasteiger partial charge on any atom is -0.396 e. The van der Waals surface area contributed by atoms with Crippen LogP contribution >= 0.6 is 0 Å². The van der Waals surface area contributed by atoms with Crippen molar-refractivity contribution in [2.75, 3.05) is 11.9 Å². The largest absolute Gasteiger partial charge is 0.396 e. The van der Waals surface area contributed by atoms with Crippen LogP contribution in [0.5, 0.6) is 0 Å². The van der Waals surface area contributed by atoms with E-state index in [-0.39, 0.29) is 6.61 Å². The highest BCUT2D eigenvalue weighted by molar-refractivity contribution is 5.58. The summed E-state index contributed by atoms with van der Waals surface area (Å²) in [6, 6.07) is 18.0. The molecule has 134 valence electrons. The molecule has 0 aromatic heterocycles. The summed E-state index contributed by atoms with van der Waals surface area (Å²) in [5.74, 6) is 1.42. The zero-order valence-corrected chi connectivity index (χ0v) is 15.7. The number of aliphatic hydroxyl groups is 1. The number of fused-ring (bicyclic) bond motifs is 1. The van der Waals surface area contributed by atoms with Gasteiger partial charge in [-0.15, -0.1) is 0 Å². The van der Waals surface area contributed by atoms with E-state index in [1.807, 2.05) is 0 Å². The van der Waals surface area contributed by atoms with Crippen molar-refractivity contribution in [1.29, 1.82) is 0 Å². The van der Waals surface area contributed by atoms with Gasteiger partial charge in [-0.1, -0.05) is 63.2 Å². The fourth-order valence-corrected chi connectivity index (χ4v) is 4.11. The van der Waals surface area contributed by atoms with Gasteiger partial charge in [-0.2, -0.15) is 0 Å². The maximum Gasteiger partial charge on any atom is 0.0547 e. The standard InChI is InChI=1S/C23H31NO/c1-4-18-11-13-22-21(14-18)17(3)20(12-10-16(2)15-25)23(24-22)19-8-6-5-7-9-19/h5-9,11,13-14,16-17,20,23-25H,4,10,12,15H2,1-3H3/t16?,17?,20?,23-/m0/s1. The first-order valence-electron chi connectivity index (χ1n) is 9.69. The Hall–Kier alpha value is -1.80. The van der Waals surface area contributed by atoms with Crippen molar-refractivity contribution in [3.8, 4) is 0 Å². The summed E-state index contributed by atoms with van der Waals surface area (Å²) in [4.78, 5) is 0. The number of rotatable bonds is 6. The maximum atomic E-state index is 9.42. The first-order valence-corrected chi connectivity index (χ1v) is 9.69. The lowest BCUT2D eigenvalue weighted by Crippen LogP contribution is -2.31. The van der Waals surface area contributed by atoms with Crippen molar-refractivity contribution in [1.82, 2.24) is 0 Å². The molecule has 0 saturated heterocycles. The summed E-state index contributed by atoms with van der Waals surface area (Å²) in [6.07, 6.45) is 3.28. The monoisotopic (exact) mass is 337 g/mol. The van der Waals surface area contributed by atoms with E-state index >= 15 is 0 Å². The highest BCUT2D eigenvalue weighted by Crippen LogP contribution is 2.46. The third-order valence-electron chi connectivity index (χ3n) is 5.86. The molecule has 2 nitrogen and oxygen atoms in total. The topological polar surface area (TPSA) is 32.3 Å². The van der Waals surface area contributed by atoms with E-state index in [4.69, 9.17) is 0 Å². The summed E-state index contributed by atoms with van der Waals surface area (Å²) in [7, 11) is 0. The highest BCUT2D eigenvalue weighted by atomic mass is 16.3. The second-order valence-corrected chi connectivity index (χ2v) is 7.63. The summed E-state index contributed by atoms with van der Waals surface area (Å²) in [6.45, 7) is 7.02. The first kappa shape index (κ1) is 18.0. The third-order valence-corrected chi connectivity index (χ3v) is 5.86. The zero-order valence-electron chi connectivity index (χ0n) is 15.7. The molecule has 3 rings (SSSR count). The number of aliphatic hydroxyl groups excluding tert-OH is 1. The van der Waals surface area contributed by atoms with E-state index in [0.29, 0.717) is 23.8 Å². The first-order chi connectivity index (χ1) is 12.1. The number of anilines is 1. The summed E-state index contributed by atoms with van der Waals surface area (Å²) >= 11 is 0. The number of aryl methyl sites for hydroxylation is 1. The molecule has 0 amide bonds. The van der Waals surface area contributed by atoms with E-state index in [1.165, 1.54) is 22.4 Å². The molecule has 2 aromatic rings.